The lowest BCUT2D eigenvalue weighted by atomic mass is 10.2. The van der Waals surface area contributed by atoms with Crippen LogP contribution in [0.15, 0.2) is 39.5 Å². The monoisotopic (exact) mass is 246 g/mol. The fraction of sp³-hybridized carbons (Fsp3) is 0.357. The molecule has 1 unspecified atom stereocenters. The van der Waals surface area contributed by atoms with Crippen molar-refractivity contribution in [1.82, 2.24) is 0 Å². The van der Waals surface area contributed by atoms with Gasteiger partial charge in [-0.1, -0.05) is 18.2 Å². The summed E-state index contributed by atoms with van der Waals surface area (Å²) in [6.45, 7) is 0.684. The quantitative estimate of drug-likeness (QED) is 0.764. The minimum Gasteiger partial charge on any atom is -0.457 e. The highest BCUT2D eigenvalue weighted by atomic mass is 16.7. The average molecular weight is 246 g/mol. The Balaban J connectivity index is 1.91. The Bertz CT molecular complexity index is 596. The SMILES string of the molecule is O=c1oc2ccccc2cc1OC1CCCCO1. The number of fused-ring (bicyclic) bond motifs is 1. The Morgan fingerprint density at radius 3 is 2.94 bits per heavy atom. The topological polar surface area (TPSA) is 48.7 Å². The van der Waals surface area contributed by atoms with Crippen LogP contribution in [0.4, 0.5) is 0 Å². The lowest BCUT2D eigenvalue weighted by Gasteiger charge is -2.22. The standard InChI is InChI=1S/C14H14O4/c15-14-12(17-13-7-3-4-8-16-13)9-10-5-1-2-6-11(10)18-14/h1-2,5-6,9,13H,3-4,7-8H2. The van der Waals surface area contributed by atoms with E-state index >= 15 is 0 Å². The van der Waals surface area contributed by atoms with Gasteiger partial charge in [0.15, 0.2) is 6.29 Å². The molecule has 94 valence electrons. The van der Waals surface area contributed by atoms with Crippen LogP contribution in [0.25, 0.3) is 11.0 Å². The maximum absolute atomic E-state index is 11.8. The van der Waals surface area contributed by atoms with Crippen molar-refractivity contribution >= 4 is 11.0 Å². The molecule has 1 saturated heterocycles. The Morgan fingerprint density at radius 1 is 1.22 bits per heavy atom. The van der Waals surface area contributed by atoms with Gasteiger partial charge < -0.3 is 13.9 Å². The zero-order chi connectivity index (χ0) is 12.4. The summed E-state index contributed by atoms with van der Waals surface area (Å²) in [5.74, 6) is 0.223. The fourth-order valence-electron chi connectivity index (χ4n) is 2.07. The molecule has 2 aromatic rings. The number of ether oxygens (including phenoxy) is 2. The molecule has 4 heteroatoms. The summed E-state index contributed by atoms with van der Waals surface area (Å²) in [6.07, 6.45) is 2.59. The summed E-state index contributed by atoms with van der Waals surface area (Å²) in [4.78, 5) is 11.8. The Hall–Kier alpha value is -1.81. The van der Waals surface area contributed by atoms with Gasteiger partial charge in [-0.2, -0.15) is 0 Å². The second-order valence-corrected chi connectivity index (χ2v) is 4.35. The van der Waals surface area contributed by atoms with Crippen molar-refractivity contribution in [1.29, 1.82) is 0 Å². The van der Waals surface area contributed by atoms with Crippen LogP contribution >= 0.6 is 0 Å². The van der Waals surface area contributed by atoms with Gasteiger partial charge in [0.05, 0.1) is 6.61 Å². The summed E-state index contributed by atoms with van der Waals surface area (Å²) < 4.78 is 16.2. The predicted octanol–water partition coefficient (Wildman–Crippen LogP) is 2.70. The van der Waals surface area contributed by atoms with Crippen LogP contribution in [0.3, 0.4) is 0 Å². The number of hydrogen-bond acceptors (Lipinski definition) is 4. The number of benzene rings is 1. The zero-order valence-corrected chi connectivity index (χ0v) is 9.93. The summed E-state index contributed by atoms with van der Waals surface area (Å²) in [5, 5.41) is 0.850. The molecular weight excluding hydrogens is 232 g/mol. The third-order valence-electron chi connectivity index (χ3n) is 3.01. The van der Waals surface area contributed by atoms with Crippen LogP contribution in [0.1, 0.15) is 19.3 Å². The number of para-hydroxylation sites is 1. The van der Waals surface area contributed by atoms with Crippen molar-refractivity contribution in [2.24, 2.45) is 0 Å². The predicted molar refractivity (Wildman–Crippen MR) is 66.7 cm³/mol. The maximum atomic E-state index is 11.8. The highest BCUT2D eigenvalue weighted by Gasteiger charge is 2.17. The van der Waals surface area contributed by atoms with Gasteiger partial charge in [-0.15, -0.1) is 0 Å². The van der Waals surface area contributed by atoms with Crippen molar-refractivity contribution in [3.63, 3.8) is 0 Å². The van der Waals surface area contributed by atoms with Gasteiger partial charge in [0.1, 0.15) is 5.58 Å². The molecule has 0 bridgehead atoms. The van der Waals surface area contributed by atoms with Crippen molar-refractivity contribution in [3.05, 3.63) is 40.8 Å². The zero-order valence-electron chi connectivity index (χ0n) is 9.93. The first-order chi connectivity index (χ1) is 8.83. The molecule has 0 saturated carbocycles. The molecule has 1 fully saturated rings. The summed E-state index contributed by atoms with van der Waals surface area (Å²) in [5.41, 5.74) is 0.113. The van der Waals surface area contributed by atoms with Crippen LogP contribution in [0.5, 0.6) is 5.75 Å². The van der Waals surface area contributed by atoms with E-state index in [2.05, 4.69) is 0 Å². The number of hydrogen-bond donors (Lipinski definition) is 0. The third-order valence-corrected chi connectivity index (χ3v) is 3.01. The van der Waals surface area contributed by atoms with Crippen molar-refractivity contribution in [2.75, 3.05) is 6.61 Å². The first-order valence-electron chi connectivity index (χ1n) is 6.14. The van der Waals surface area contributed by atoms with E-state index in [4.69, 9.17) is 13.9 Å². The fourth-order valence-corrected chi connectivity index (χ4v) is 2.07. The lowest BCUT2D eigenvalue weighted by Crippen LogP contribution is -2.26. The third kappa shape index (κ3) is 2.24. The number of rotatable bonds is 2. The molecule has 1 aromatic carbocycles. The highest BCUT2D eigenvalue weighted by Crippen LogP contribution is 2.20. The highest BCUT2D eigenvalue weighted by molar-refractivity contribution is 5.77. The van der Waals surface area contributed by atoms with Crippen LogP contribution in [-0.2, 0) is 4.74 Å². The van der Waals surface area contributed by atoms with E-state index < -0.39 is 5.63 Å². The second-order valence-electron chi connectivity index (χ2n) is 4.35. The van der Waals surface area contributed by atoms with Crippen LogP contribution in [-0.4, -0.2) is 12.9 Å². The average Bonchev–Trinajstić information content (AvgIpc) is 2.41. The van der Waals surface area contributed by atoms with Gasteiger partial charge in [0.25, 0.3) is 0 Å². The Morgan fingerprint density at radius 2 is 2.11 bits per heavy atom. The van der Waals surface area contributed by atoms with Gasteiger partial charge in [-0.3, -0.25) is 0 Å². The van der Waals surface area contributed by atoms with Gasteiger partial charge in [0.2, 0.25) is 5.75 Å². The van der Waals surface area contributed by atoms with Crippen LogP contribution in [0.2, 0.25) is 0 Å². The van der Waals surface area contributed by atoms with Crippen molar-refractivity contribution in [3.8, 4) is 5.75 Å². The first kappa shape index (κ1) is 11.3. The minimum atomic E-state index is -0.456. The van der Waals surface area contributed by atoms with Gasteiger partial charge >= 0.3 is 5.63 Å². The smallest absolute Gasteiger partial charge is 0.379 e. The molecule has 3 rings (SSSR count). The first-order valence-corrected chi connectivity index (χ1v) is 6.14. The molecule has 0 N–H and O–H groups in total. The molecule has 1 atom stereocenters. The molecule has 2 heterocycles. The maximum Gasteiger partial charge on any atom is 0.379 e. The lowest BCUT2D eigenvalue weighted by molar-refractivity contribution is -0.107. The molecule has 0 amide bonds. The Labute approximate surface area is 104 Å². The van der Waals surface area contributed by atoms with E-state index in [-0.39, 0.29) is 12.0 Å². The van der Waals surface area contributed by atoms with E-state index in [1.54, 1.807) is 12.1 Å². The van der Waals surface area contributed by atoms with E-state index in [0.29, 0.717) is 12.2 Å². The van der Waals surface area contributed by atoms with Gasteiger partial charge in [0, 0.05) is 11.8 Å². The van der Waals surface area contributed by atoms with E-state index in [1.807, 2.05) is 18.2 Å². The largest absolute Gasteiger partial charge is 0.457 e. The van der Waals surface area contributed by atoms with Gasteiger partial charge in [-0.25, -0.2) is 4.79 Å². The van der Waals surface area contributed by atoms with Crippen molar-refractivity contribution in [2.45, 2.75) is 25.6 Å². The summed E-state index contributed by atoms with van der Waals surface area (Å²) in [7, 11) is 0. The second kappa shape index (κ2) is 4.82. The van der Waals surface area contributed by atoms with E-state index in [1.165, 1.54) is 0 Å². The molecular formula is C14H14O4. The van der Waals surface area contributed by atoms with Gasteiger partial charge in [-0.05, 0) is 25.0 Å². The normalized spacial score (nSPS) is 19.9. The summed E-state index contributed by atoms with van der Waals surface area (Å²) >= 11 is 0. The molecule has 0 aliphatic carbocycles. The molecule has 0 spiro atoms. The van der Waals surface area contributed by atoms with E-state index in [0.717, 1.165) is 24.6 Å². The Kier molecular flexibility index (Phi) is 3.02. The van der Waals surface area contributed by atoms with Crippen LogP contribution < -0.4 is 10.4 Å². The molecule has 1 aromatic heterocycles. The van der Waals surface area contributed by atoms with Crippen molar-refractivity contribution < 1.29 is 13.9 Å². The van der Waals surface area contributed by atoms with E-state index in [9.17, 15) is 4.79 Å². The molecule has 1 aliphatic heterocycles. The molecule has 18 heavy (non-hydrogen) atoms. The molecule has 0 radical (unpaired) electrons. The summed E-state index contributed by atoms with van der Waals surface area (Å²) in [6, 6.07) is 9.07. The molecule has 1 aliphatic rings. The van der Waals surface area contributed by atoms with Crippen LogP contribution in [0, 0.1) is 0 Å². The molecule has 4 nitrogen and oxygen atoms in total. The minimum absolute atomic E-state index is 0.223.